The van der Waals surface area contributed by atoms with Crippen LogP contribution in [0.1, 0.15) is 16.8 Å². The summed E-state index contributed by atoms with van der Waals surface area (Å²) in [4.78, 5) is 21.3. The van der Waals surface area contributed by atoms with Gasteiger partial charge < -0.3 is 14.6 Å². The Labute approximate surface area is 105 Å². The highest BCUT2D eigenvalue weighted by atomic mass is 16.5. The maximum Gasteiger partial charge on any atom is 0.335 e. The normalized spacial score (nSPS) is 9.56. The first kappa shape index (κ1) is 13.8. The highest BCUT2D eigenvalue weighted by Gasteiger charge is 2.02. The molecule has 0 bridgehead atoms. The lowest BCUT2D eigenvalue weighted by molar-refractivity contribution is -0.137. The second kappa shape index (κ2) is 7.11. The number of benzene rings is 1. The monoisotopic (exact) mass is 250 g/mol. The van der Waals surface area contributed by atoms with Gasteiger partial charge in [-0.1, -0.05) is 6.58 Å². The number of carboxylic acids is 1. The van der Waals surface area contributed by atoms with Crippen LogP contribution in [0.5, 0.6) is 5.75 Å². The van der Waals surface area contributed by atoms with Crippen LogP contribution in [0.2, 0.25) is 0 Å². The van der Waals surface area contributed by atoms with Gasteiger partial charge in [-0.25, -0.2) is 9.59 Å². The molecule has 5 heteroatoms. The van der Waals surface area contributed by atoms with Crippen LogP contribution in [0.3, 0.4) is 0 Å². The van der Waals surface area contributed by atoms with Crippen LogP contribution in [0.15, 0.2) is 36.9 Å². The van der Waals surface area contributed by atoms with E-state index < -0.39 is 11.9 Å². The molecule has 0 aliphatic rings. The van der Waals surface area contributed by atoms with Gasteiger partial charge in [-0.2, -0.15) is 0 Å². The van der Waals surface area contributed by atoms with Crippen molar-refractivity contribution < 1.29 is 24.2 Å². The minimum atomic E-state index is -0.974. The van der Waals surface area contributed by atoms with Gasteiger partial charge in [0.15, 0.2) is 0 Å². The molecule has 0 aromatic heterocycles. The SMILES string of the molecule is C=CC(=O)OCCCOc1ccc(C(=O)O)cc1. The number of hydrogen-bond acceptors (Lipinski definition) is 4. The van der Waals surface area contributed by atoms with E-state index in [4.69, 9.17) is 14.6 Å². The van der Waals surface area contributed by atoms with Gasteiger partial charge in [0.1, 0.15) is 5.75 Å². The predicted octanol–water partition coefficient (Wildman–Crippen LogP) is 1.88. The molecule has 0 amide bonds. The zero-order valence-electron chi connectivity index (χ0n) is 9.80. The van der Waals surface area contributed by atoms with Gasteiger partial charge in [0.25, 0.3) is 0 Å². The van der Waals surface area contributed by atoms with Crippen molar-refractivity contribution in [1.29, 1.82) is 0 Å². The molecule has 96 valence electrons. The summed E-state index contributed by atoms with van der Waals surface area (Å²) < 4.78 is 10.1. The van der Waals surface area contributed by atoms with Crippen molar-refractivity contribution >= 4 is 11.9 Å². The second-order valence-corrected chi connectivity index (χ2v) is 3.40. The molecule has 0 radical (unpaired) electrons. The van der Waals surface area contributed by atoms with Crippen molar-refractivity contribution in [2.75, 3.05) is 13.2 Å². The molecule has 0 unspecified atom stereocenters. The number of esters is 1. The number of carbonyl (C=O) groups is 2. The lowest BCUT2D eigenvalue weighted by atomic mass is 10.2. The van der Waals surface area contributed by atoms with Crippen LogP contribution in [0, 0.1) is 0 Å². The molecule has 18 heavy (non-hydrogen) atoms. The van der Waals surface area contributed by atoms with Gasteiger partial charge >= 0.3 is 11.9 Å². The summed E-state index contributed by atoms with van der Waals surface area (Å²) in [5, 5.41) is 8.70. The summed E-state index contributed by atoms with van der Waals surface area (Å²) in [5.74, 6) is -0.853. The van der Waals surface area contributed by atoms with Crippen molar-refractivity contribution in [3.05, 3.63) is 42.5 Å². The topological polar surface area (TPSA) is 72.8 Å². The lowest BCUT2D eigenvalue weighted by Gasteiger charge is -2.06. The third-order valence-corrected chi connectivity index (χ3v) is 2.07. The molecule has 1 aromatic carbocycles. The molecule has 0 heterocycles. The molecule has 1 rings (SSSR count). The Bertz CT molecular complexity index is 422. The Hall–Kier alpha value is -2.30. The fraction of sp³-hybridized carbons (Fsp3) is 0.231. The molecule has 0 saturated carbocycles. The lowest BCUT2D eigenvalue weighted by Crippen LogP contribution is -2.06. The van der Waals surface area contributed by atoms with Crippen LogP contribution in [0.25, 0.3) is 0 Å². The Kier molecular flexibility index (Phi) is 5.44. The molecule has 0 aliphatic heterocycles. The number of carboxylic acid groups (broad SMARTS) is 1. The molecule has 0 spiro atoms. The van der Waals surface area contributed by atoms with Gasteiger partial charge in [0.2, 0.25) is 0 Å². The highest BCUT2D eigenvalue weighted by molar-refractivity contribution is 5.87. The van der Waals surface area contributed by atoms with Crippen molar-refractivity contribution in [3.8, 4) is 5.75 Å². The number of hydrogen-bond donors (Lipinski definition) is 1. The molecule has 1 aromatic rings. The molecular weight excluding hydrogens is 236 g/mol. The molecule has 5 nitrogen and oxygen atoms in total. The third-order valence-electron chi connectivity index (χ3n) is 2.07. The maximum atomic E-state index is 10.7. The molecule has 1 N–H and O–H groups in total. The zero-order valence-corrected chi connectivity index (χ0v) is 9.80. The maximum absolute atomic E-state index is 10.7. The minimum absolute atomic E-state index is 0.210. The summed E-state index contributed by atoms with van der Waals surface area (Å²) >= 11 is 0. The Morgan fingerprint density at radius 3 is 2.44 bits per heavy atom. The Balaban J connectivity index is 2.25. The van der Waals surface area contributed by atoms with E-state index in [2.05, 4.69) is 6.58 Å². The minimum Gasteiger partial charge on any atom is -0.493 e. The largest absolute Gasteiger partial charge is 0.493 e. The molecule has 0 atom stereocenters. The van der Waals surface area contributed by atoms with E-state index >= 15 is 0 Å². The van der Waals surface area contributed by atoms with Crippen LogP contribution < -0.4 is 4.74 Å². The first-order valence-corrected chi connectivity index (χ1v) is 5.39. The first-order valence-electron chi connectivity index (χ1n) is 5.39. The smallest absolute Gasteiger partial charge is 0.335 e. The van der Waals surface area contributed by atoms with Gasteiger partial charge in [-0.15, -0.1) is 0 Å². The number of carbonyl (C=O) groups excluding carboxylic acids is 1. The first-order chi connectivity index (χ1) is 8.63. The zero-order chi connectivity index (χ0) is 13.4. The van der Waals surface area contributed by atoms with E-state index in [9.17, 15) is 9.59 Å². The van der Waals surface area contributed by atoms with Gasteiger partial charge in [-0.3, -0.25) is 0 Å². The third kappa shape index (κ3) is 4.69. The van der Waals surface area contributed by atoms with Crippen LogP contribution in [0.4, 0.5) is 0 Å². The van der Waals surface area contributed by atoms with Crippen molar-refractivity contribution in [2.45, 2.75) is 6.42 Å². The number of ether oxygens (including phenoxy) is 2. The number of aromatic carboxylic acids is 1. The predicted molar refractivity (Wildman–Crippen MR) is 64.7 cm³/mol. The Morgan fingerprint density at radius 2 is 1.89 bits per heavy atom. The Morgan fingerprint density at radius 1 is 1.22 bits per heavy atom. The fourth-order valence-electron chi connectivity index (χ4n) is 1.17. The van der Waals surface area contributed by atoms with Crippen molar-refractivity contribution in [2.24, 2.45) is 0 Å². The molecule has 0 fully saturated rings. The van der Waals surface area contributed by atoms with E-state index in [1.807, 2.05) is 0 Å². The van der Waals surface area contributed by atoms with E-state index in [-0.39, 0.29) is 12.2 Å². The highest BCUT2D eigenvalue weighted by Crippen LogP contribution is 2.12. The van der Waals surface area contributed by atoms with Crippen molar-refractivity contribution in [1.82, 2.24) is 0 Å². The van der Waals surface area contributed by atoms with Crippen LogP contribution in [-0.4, -0.2) is 30.3 Å². The summed E-state index contributed by atoms with van der Waals surface area (Å²) in [5.41, 5.74) is 0.210. The average molecular weight is 250 g/mol. The molecule has 0 saturated heterocycles. The summed E-state index contributed by atoms with van der Waals surface area (Å²) in [6.45, 7) is 3.92. The van der Waals surface area contributed by atoms with Crippen LogP contribution in [-0.2, 0) is 9.53 Å². The molecular formula is C13H14O5. The average Bonchev–Trinajstić information content (AvgIpc) is 2.38. The van der Waals surface area contributed by atoms with E-state index in [1.165, 1.54) is 12.1 Å². The van der Waals surface area contributed by atoms with Crippen molar-refractivity contribution in [3.63, 3.8) is 0 Å². The van der Waals surface area contributed by atoms with Gasteiger partial charge in [-0.05, 0) is 24.3 Å². The summed E-state index contributed by atoms with van der Waals surface area (Å²) in [6, 6.07) is 6.10. The van der Waals surface area contributed by atoms with E-state index in [0.717, 1.165) is 6.08 Å². The second-order valence-electron chi connectivity index (χ2n) is 3.40. The van der Waals surface area contributed by atoms with E-state index in [1.54, 1.807) is 12.1 Å². The fourth-order valence-corrected chi connectivity index (χ4v) is 1.17. The molecule has 0 aliphatic carbocycles. The van der Waals surface area contributed by atoms with E-state index in [0.29, 0.717) is 18.8 Å². The summed E-state index contributed by atoms with van der Waals surface area (Å²) in [6.07, 6.45) is 1.66. The quantitative estimate of drug-likeness (QED) is 0.454. The number of rotatable bonds is 7. The van der Waals surface area contributed by atoms with Gasteiger partial charge in [0, 0.05) is 12.5 Å². The standard InChI is InChI=1S/C13H14O5/c1-2-12(14)18-9-3-8-17-11-6-4-10(5-7-11)13(15)16/h2,4-7H,1,3,8-9H2,(H,15,16). The summed E-state index contributed by atoms with van der Waals surface area (Å²) in [7, 11) is 0. The van der Waals surface area contributed by atoms with Crippen LogP contribution >= 0.6 is 0 Å². The van der Waals surface area contributed by atoms with Gasteiger partial charge in [0.05, 0.1) is 18.8 Å².